The van der Waals surface area contributed by atoms with E-state index in [1.165, 1.54) is 0 Å². The molecule has 7 heteroatoms. The molecule has 2 aliphatic rings. The van der Waals surface area contributed by atoms with Crippen LogP contribution in [-0.4, -0.2) is 37.5 Å². The van der Waals surface area contributed by atoms with Crippen molar-refractivity contribution in [1.82, 2.24) is 4.72 Å². The Labute approximate surface area is 136 Å². The quantitative estimate of drug-likeness (QED) is 0.856. The predicted octanol–water partition coefficient (Wildman–Crippen LogP) is 1.73. The zero-order valence-corrected chi connectivity index (χ0v) is 13.8. The summed E-state index contributed by atoms with van der Waals surface area (Å²) < 4.78 is 32.5. The molecule has 1 heterocycles. The van der Waals surface area contributed by atoms with Gasteiger partial charge in [-0.2, -0.15) is 0 Å². The van der Waals surface area contributed by atoms with Crippen LogP contribution in [-0.2, 0) is 14.8 Å². The van der Waals surface area contributed by atoms with Gasteiger partial charge in [0.15, 0.2) is 0 Å². The average Bonchev–Trinajstić information content (AvgIpc) is 2.49. The minimum Gasteiger partial charge on any atom is -0.457 e. The van der Waals surface area contributed by atoms with E-state index in [4.69, 9.17) is 9.84 Å². The van der Waals surface area contributed by atoms with Crippen molar-refractivity contribution in [2.45, 2.75) is 43.7 Å². The largest absolute Gasteiger partial charge is 0.457 e. The van der Waals surface area contributed by atoms with E-state index in [1.54, 1.807) is 0 Å². The van der Waals surface area contributed by atoms with E-state index in [9.17, 15) is 8.42 Å². The molecule has 0 bridgehead atoms. The Morgan fingerprint density at radius 2 is 2.04 bits per heavy atom. The highest BCUT2D eigenvalue weighted by atomic mass is 32.2. The van der Waals surface area contributed by atoms with Crippen molar-refractivity contribution in [2.24, 2.45) is 4.99 Å². The summed E-state index contributed by atoms with van der Waals surface area (Å²) in [4.78, 5) is 4.51. The first-order valence-electron chi connectivity index (χ1n) is 7.95. The zero-order chi connectivity index (χ0) is 16.3. The first-order chi connectivity index (χ1) is 11.0. The number of rotatable bonds is 5. The van der Waals surface area contributed by atoms with Crippen molar-refractivity contribution in [3.8, 4) is 0 Å². The van der Waals surface area contributed by atoms with E-state index in [1.807, 2.05) is 30.3 Å². The molecule has 2 N–H and O–H groups in total. The fraction of sp³-hybridized carbons (Fsp3) is 0.562. The van der Waals surface area contributed by atoms with Crippen molar-refractivity contribution in [3.63, 3.8) is 0 Å². The monoisotopic (exact) mass is 338 g/mol. The molecule has 3 rings (SSSR count). The van der Waals surface area contributed by atoms with Crippen LogP contribution in [0.25, 0.3) is 0 Å². The SMILES string of the molecule is O=S1(=O)CC2(CCC2)OC(=N[C@@H](CCCO)c2ccccc2)N1. The number of aliphatic hydroxyl groups excluding tert-OH is 1. The van der Waals surface area contributed by atoms with Crippen LogP contribution >= 0.6 is 0 Å². The molecule has 1 aliphatic heterocycles. The van der Waals surface area contributed by atoms with Gasteiger partial charge < -0.3 is 9.84 Å². The summed E-state index contributed by atoms with van der Waals surface area (Å²) in [6.07, 6.45) is 3.70. The molecule has 1 aromatic carbocycles. The van der Waals surface area contributed by atoms with E-state index >= 15 is 0 Å². The second-order valence-electron chi connectivity index (χ2n) is 6.23. The van der Waals surface area contributed by atoms with Gasteiger partial charge in [-0.25, -0.2) is 18.1 Å². The molecule has 1 aliphatic carbocycles. The van der Waals surface area contributed by atoms with Crippen molar-refractivity contribution in [1.29, 1.82) is 0 Å². The third-order valence-electron chi connectivity index (χ3n) is 4.37. The van der Waals surface area contributed by atoms with E-state index < -0.39 is 15.6 Å². The smallest absolute Gasteiger partial charge is 0.299 e. The maximum atomic E-state index is 12.1. The second kappa shape index (κ2) is 6.49. The Morgan fingerprint density at radius 1 is 1.30 bits per heavy atom. The van der Waals surface area contributed by atoms with Crippen LogP contribution < -0.4 is 4.72 Å². The third kappa shape index (κ3) is 3.84. The molecule has 1 saturated heterocycles. The van der Waals surface area contributed by atoms with Gasteiger partial charge in [-0.1, -0.05) is 30.3 Å². The van der Waals surface area contributed by atoms with Crippen LogP contribution in [0.2, 0.25) is 0 Å². The van der Waals surface area contributed by atoms with Crippen molar-refractivity contribution >= 4 is 16.0 Å². The molecular weight excluding hydrogens is 316 g/mol. The summed E-state index contributed by atoms with van der Waals surface area (Å²) in [6, 6.07) is 9.49. The topological polar surface area (TPSA) is 88.0 Å². The van der Waals surface area contributed by atoms with E-state index in [0.717, 1.165) is 24.8 Å². The summed E-state index contributed by atoms with van der Waals surface area (Å²) in [5, 5.41) is 9.09. The summed E-state index contributed by atoms with van der Waals surface area (Å²) in [6.45, 7) is 0.0741. The fourth-order valence-corrected chi connectivity index (χ4v) is 4.52. The van der Waals surface area contributed by atoms with Crippen LogP contribution in [0.4, 0.5) is 0 Å². The molecule has 0 aromatic heterocycles. The van der Waals surface area contributed by atoms with Crippen LogP contribution in [0.1, 0.15) is 43.7 Å². The highest BCUT2D eigenvalue weighted by Gasteiger charge is 2.48. The third-order valence-corrected chi connectivity index (χ3v) is 5.76. The molecule has 0 unspecified atom stereocenters. The molecule has 0 amide bonds. The fourth-order valence-electron chi connectivity index (χ4n) is 3.05. The number of hydrogen-bond donors (Lipinski definition) is 2. The van der Waals surface area contributed by atoms with E-state index in [-0.39, 0.29) is 24.4 Å². The minimum atomic E-state index is -3.40. The first kappa shape index (κ1) is 16.3. The highest BCUT2D eigenvalue weighted by molar-refractivity contribution is 7.90. The lowest BCUT2D eigenvalue weighted by Gasteiger charge is -2.44. The lowest BCUT2D eigenvalue weighted by atomic mass is 9.81. The average molecular weight is 338 g/mol. The maximum Gasteiger partial charge on any atom is 0.299 e. The van der Waals surface area contributed by atoms with Crippen LogP contribution in [0.5, 0.6) is 0 Å². The second-order valence-corrected chi connectivity index (χ2v) is 7.95. The Balaban J connectivity index is 1.85. The number of ether oxygens (including phenoxy) is 1. The molecule has 1 spiro atoms. The number of nitrogens with zero attached hydrogens (tertiary/aromatic N) is 1. The molecule has 126 valence electrons. The lowest BCUT2D eigenvalue weighted by Crippen LogP contribution is -2.57. The number of sulfonamides is 1. The highest BCUT2D eigenvalue weighted by Crippen LogP contribution is 2.39. The Bertz CT molecular complexity index is 669. The van der Waals surface area contributed by atoms with Gasteiger partial charge in [0.25, 0.3) is 6.02 Å². The van der Waals surface area contributed by atoms with E-state index in [0.29, 0.717) is 12.8 Å². The van der Waals surface area contributed by atoms with Crippen LogP contribution in [0.3, 0.4) is 0 Å². The molecule has 6 nitrogen and oxygen atoms in total. The first-order valence-corrected chi connectivity index (χ1v) is 9.60. The normalized spacial score (nSPS) is 24.5. The standard InChI is InChI=1S/C16H22N2O4S/c19-11-4-8-14(13-6-2-1-3-7-13)17-15-18-23(20,21)12-16(22-15)9-5-10-16/h1-3,6-7,14,19H,4-5,8-12H2,(H,17,18)/t14-/m0/s1. The Morgan fingerprint density at radius 3 is 2.65 bits per heavy atom. The van der Waals surface area contributed by atoms with Gasteiger partial charge in [-0.3, -0.25) is 0 Å². The van der Waals surface area contributed by atoms with Gasteiger partial charge in [0.05, 0.1) is 6.04 Å². The number of amidine groups is 1. The number of benzene rings is 1. The molecule has 2 fully saturated rings. The number of hydrogen-bond acceptors (Lipinski definition) is 5. The zero-order valence-electron chi connectivity index (χ0n) is 12.9. The Hall–Kier alpha value is -1.60. The van der Waals surface area contributed by atoms with Crippen molar-refractivity contribution < 1.29 is 18.3 Å². The number of aliphatic hydroxyl groups is 1. The molecular formula is C16H22N2O4S. The summed E-state index contributed by atoms with van der Waals surface area (Å²) in [7, 11) is -3.40. The summed E-state index contributed by atoms with van der Waals surface area (Å²) >= 11 is 0. The van der Waals surface area contributed by atoms with Crippen LogP contribution in [0, 0.1) is 0 Å². The maximum absolute atomic E-state index is 12.1. The van der Waals surface area contributed by atoms with Gasteiger partial charge in [-0.15, -0.1) is 0 Å². The van der Waals surface area contributed by atoms with E-state index in [2.05, 4.69) is 9.71 Å². The summed E-state index contributed by atoms with van der Waals surface area (Å²) in [5.74, 6) is 0.00562. The molecule has 23 heavy (non-hydrogen) atoms. The number of nitrogens with one attached hydrogen (secondary N) is 1. The van der Waals surface area contributed by atoms with Crippen LogP contribution in [0.15, 0.2) is 35.3 Å². The molecule has 1 atom stereocenters. The van der Waals surface area contributed by atoms with Gasteiger partial charge in [0.1, 0.15) is 11.4 Å². The van der Waals surface area contributed by atoms with Gasteiger partial charge >= 0.3 is 0 Å². The molecule has 1 saturated carbocycles. The number of aliphatic imine (C=N–C) groups is 1. The molecule has 0 radical (unpaired) electrons. The molecule has 1 aromatic rings. The minimum absolute atomic E-state index is 0.00562. The predicted molar refractivity (Wildman–Crippen MR) is 87.5 cm³/mol. The Kier molecular flexibility index (Phi) is 4.59. The van der Waals surface area contributed by atoms with Crippen molar-refractivity contribution in [3.05, 3.63) is 35.9 Å². The van der Waals surface area contributed by atoms with Gasteiger partial charge in [0, 0.05) is 6.61 Å². The van der Waals surface area contributed by atoms with Gasteiger partial charge in [-0.05, 0) is 37.7 Å². The summed E-state index contributed by atoms with van der Waals surface area (Å²) in [5.41, 5.74) is 0.380. The lowest BCUT2D eigenvalue weighted by molar-refractivity contribution is -0.00589. The van der Waals surface area contributed by atoms with Gasteiger partial charge in [0.2, 0.25) is 10.0 Å². The van der Waals surface area contributed by atoms with Crippen molar-refractivity contribution in [2.75, 3.05) is 12.4 Å².